The molecular weight excluding hydrogens is 433 g/mol. The Morgan fingerprint density at radius 2 is 1.57 bits per heavy atom. The van der Waals surface area contributed by atoms with Crippen LogP contribution in [0, 0.1) is 5.82 Å². The molecule has 0 saturated heterocycles. The van der Waals surface area contributed by atoms with Gasteiger partial charge in [-0.3, -0.25) is 0 Å². The summed E-state index contributed by atoms with van der Waals surface area (Å²) in [5, 5.41) is 3.77. The van der Waals surface area contributed by atoms with E-state index in [4.69, 9.17) is 4.74 Å². The maximum atomic E-state index is 13.4. The lowest BCUT2D eigenvalue weighted by molar-refractivity contribution is 0.369. The zero-order valence-corrected chi connectivity index (χ0v) is 20.1. The van der Waals surface area contributed by atoms with Crippen LogP contribution in [0.1, 0.15) is 40.3 Å². The summed E-state index contributed by atoms with van der Waals surface area (Å²) in [6.07, 6.45) is 5.19. The van der Waals surface area contributed by atoms with Gasteiger partial charge in [0.05, 0.1) is 0 Å². The third-order valence-corrected chi connectivity index (χ3v) is 6.69. The van der Waals surface area contributed by atoms with Gasteiger partial charge in [0.1, 0.15) is 18.2 Å². The van der Waals surface area contributed by atoms with Gasteiger partial charge < -0.3 is 10.1 Å². The number of rotatable bonds is 7. The summed E-state index contributed by atoms with van der Waals surface area (Å²) in [4.78, 5) is 0. The maximum Gasteiger partial charge on any atom is 0.123 e. The summed E-state index contributed by atoms with van der Waals surface area (Å²) < 4.78 is 19.5. The molecule has 3 heteroatoms. The summed E-state index contributed by atoms with van der Waals surface area (Å²) in [6, 6.07) is 29.9. The largest absolute Gasteiger partial charge is 0.489 e. The predicted octanol–water partition coefficient (Wildman–Crippen LogP) is 7.72. The van der Waals surface area contributed by atoms with Gasteiger partial charge in [0.25, 0.3) is 0 Å². The molecule has 0 saturated carbocycles. The second-order valence-corrected chi connectivity index (χ2v) is 8.93. The van der Waals surface area contributed by atoms with Gasteiger partial charge in [-0.1, -0.05) is 73.7 Å². The van der Waals surface area contributed by atoms with Gasteiger partial charge in [-0.2, -0.15) is 0 Å². The minimum absolute atomic E-state index is 0.261. The third kappa shape index (κ3) is 5.30. The van der Waals surface area contributed by atoms with E-state index < -0.39 is 0 Å². The van der Waals surface area contributed by atoms with Gasteiger partial charge in [-0.15, -0.1) is 0 Å². The Hall–Kier alpha value is -3.85. The highest BCUT2D eigenvalue weighted by atomic mass is 19.1. The molecule has 1 heterocycles. The quantitative estimate of drug-likeness (QED) is 0.303. The highest BCUT2D eigenvalue weighted by molar-refractivity contribution is 5.89. The topological polar surface area (TPSA) is 21.3 Å². The second-order valence-electron chi connectivity index (χ2n) is 8.93. The van der Waals surface area contributed by atoms with Gasteiger partial charge in [-0.05, 0) is 88.6 Å². The zero-order valence-electron chi connectivity index (χ0n) is 20.1. The van der Waals surface area contributed by atoms with E-state index >= 15 is 0 Å². The van der Waals surface area contributed by atoms with Gasteiger partial charge >= 0.3 is 0 Å². The summed E-state index contributed by atoms with van der Waals surface area (Å²) in [5.74, 6) is 0.404. The average Bonchev–Trinajstić information content (AvgIpc) is 2.89. The van der Waals surface area contributed by atoms with Crippen molar-refractivity contribution >= 4 is 17.3 Å². The molecule has 0 fully saturated rings. The number of halogens is 1. The van der Waals surface area contributed by atoms with Crippen LogP contribution in [-0.2, 0) is 25.8 Å². The maximum absolute atomic E-state index is 13.4. The van der Waals surface area contributed by atoms with Crippen molar-refractivity contribution in [3.05, 3.63) is 130 Å². The molecule has 0 amide bonds. The van der Waals surface area contributed by atoms with Gasteiger partial charge in [0.2, 0.25) is 0 Å². The van der Waals surface area contributed by atoms with Crippen molar-refractivity contribution in [1.29, 1.82) is 0 Å². The molecule has 0 aliphatic carbocycles. The van der Waals surface area contributed by atoms with E-state index in [0.717, 1.165) is 31.4 Å². The van der Waals surface area contributed by atoms with E-state index in [1.165, 1.54) is 51.2 Å². The number of anilines is 1. The fraction of sp³-hybridized carbons (Fsp3) is 0.188. The molecule has 1 aliphatic rings. The Kier molecular flexibility index (Phi) is 6.94. The van der Waals surface area contributed by atoms with Crippen LogP contribution in [-0.4, -0.2) is 6.61 Å². The van der Waals surface area contributed by atoms with Gasteiger partial charge in [0.15, 0.2) is 0 Å². The van der Waals surface area contributed by atoms with E-state index in [9.17, 15) is 4.39 Å². The van der Waals surface area contributed by atoms with Crippen LogP contribution >= 0.6 is 0 Å². The van der Waals surface area contributed by atoms with Crippen LogP contribution in [0.25, 0.3) is 11.6 Å². The second kappa shape index (κ2) is 10.6. The molecule has 0 spiro atoms. The molecule has 5 rings (SSSR count). The van der Waals surface area contributed by atoms with Crippen molar-refractivity contribution in [3.63, 3.8) is 0 Å². The monoisotopic (exact) mass is 463 g/mol. The zero-order chi connectivity index (χ0) is 24.0. The predicted molar refractivity (Wildman–Crippen MR) is 143 cm³/mol. The number of benzene rings is 4. The number of hydrogen-bond donors (Lipinski definition) is 1. The minimum atomic E-state index is -0.261. The lowest BCUT2D eigenvalue weighted by atomic mass is 9.90. The third-order valence-electron chi connectivity index (χ3n) is 6.69. The summed E-state index contributed by atoms with van der Waals surface area (Å²) in [5.41, 5.74) is 10.0. The van der Waals surface area contributed by atoms with Crippen LogP contribution in [0.15, 0.2) is 91.0 Å². The van der Waals surface area contributed by atoms with E-state index in [1.807, 2.05) is 0 Å². The van der Waals surface area contributed by atoms with Gasteiger partial charge in [0, 0.05) is 12.2 Å². The lowest BCUT2D eigenvalue weighted by Gasteiger charge is -2.24. The lowest BCUT2D eigenvalue weighted by Crippen LogP contribution is -2.13. The first-order valence-corrected chi connectivity index (χ1v) is 12.3. The van der Waals surface area contributed by atoms with Crippen LogP contribution in [0.3, 0.4) is 0 Å². The van der Waals surface area contributed by atoms with Crippen molar-refractivity contribution in [2.75, 3.05) is 11.9 Å². The normalized spacial score (nSPS) is 13.9. The van der Waals surface area contributed by atoms with Gasteiger partial charge in [-0.25, -0.2) is 4.39 Å². The Morgan fingerprint density at radius 1 is 0.800 bits per heavy atom. The smallest absolute Gasteiger partial charge is 0.123 e. The molecule has 176 valence electrons. The van der Waals surface area contributed by atoms with Crippen LogP contribution < -0.4 is 10.1 Å². The molecule has 0 atom stereocenters. The number of hydrogen-bond acceptors (Lipinski definition) is 2. The SMILES string of the molecule is CCc1cccc2c1CNc1c(cccc1CCc1ccccc1)/C=C\2COc1ccc(F)cc1. The fourth-order valence-electron chi connectivity index (χ4n) is 4.82. The van der Waals surface area contributed by atoms with Crippen molar-refractivity contribution < 1.29 is 9.13 Å². The Balaban J connectivity index is 1.51. The molecule has 0 unspecified atom stereocenters. The first-order chi connectivity index (χ1) is 17.2. The van der Waals surface area contributed by atoms with E-state index in [1.54, 1.807) is 12.1 Å². The molecule has 0 radical (unpaired) electrons. The highest BCUT2D eigenvalue weighted by Crippen LogP contribution is 2.34. The number of nitrogens with one attached hydrogen (secondary N) is 1. The number of ether oxygens (including phenoxy) is 1. The molecule has 1 aliphatic heterocycles. The molecule has 2 nitrogen and oxygen atoms in total. The molecule has 4 aromatic rings. The Bertz CT molecular complexity index is 1330. The summed E-state index contributed by atoms with van der Waals surface area (Å²) >= 11 is 0. The van der Waals surface area contributed by atoms with E-state index in [2.05, 4.69) is 85.0 Å². The van der Waals surface area contributed by atoms with Crippen LogP contribution in [0.4, 0.5) is 10.1 Å². The molecule has 1 N–H and O–H groups in total. The summed E-state index contributed by atoms with van der Waals surface area (Å²) in [6.45, 7) is 3.38. The van der Waals surface area contributed by atoms with Crippen LogP contribution in [0.2, 0.25) is 0 Å². The van der Waals surface area contributed by atoms with Crippen molar-refractivity contribution in [3.8, 4) is 5.75 Å². The van der Waals surface area contributed by atoms with Crippen LogP contribution in [0.5, 0.6) is 5.75 Å². The van der Waals surface area contributed by atoms with Crippen molar-refractivity contribution in [2.45, 2.75) is 32.7 Å². The number of para-hydroxylation sites is 1. The average molecular weight is 464 g/mol. The highest BCUT2D eigenvalue weighted by Gasteiger charge is 2.18. The first kappa shape index (κ1) is 22.9. The Labute approximate surface area is 207 Å². The number of fused-ring (bicyclic) bond motifs is 2. The molecule has 0 bridgehead atoms. The van der Waals surface area contributed by atoms with E-state index in [-0.39, 0.29) is 5.82 Å². The molecule has 4 aromatic carbocycles. The molecule has 0 aromatic heterocycles. The Morgan fingerprint density at radius 3 is 2.37 bits per heavy atom. The van der Waals surface area contributed by atoms with Crippen molar-refractivity contribution in [1.82, 2.24) is 0 Å². The summed E-state index contributed by atoms with van der Waals surface area (Å²) in [7, 11) is 0. The standard InChI is InChI=1S/C32H30FNO/c1-2-24-10-7-13-30-27(22-35-29-18-16-28(33)17-19-29)20-26-12-6-11-25(32(26)34-21-31(24)30)15-14-23-8-4-3-5-9-23/h3-13,16-20,34H,2,14-15,21-22H2,1H3/b27-20-. The fourth-order valence-corrected chi connectivity index (χ4v) is 4.82. The minimum Gasteiger partial charge on any atom is -0.489 e. The first-order valence-electron chi connectivity index (χ1n) is 12.3. The molecular formula is C32H30FNO. The van der Waals surface area contributed by atoms with Crippen molar-refractivity contribution in [2.24, 2.45) is 0 Å². The molecule has 35 heavy (non-hydrogen) atoms. The number of aryl methyl sites for hydroxylation is 3. The van der Waals surface area contributed by atoms with E-state index in [0.29, 0.717) is 12.4 Å².